The van der Waals surface area contributed by atoms with E-state index in [1.54, 1.807) is 0 Å². The summed E-state index contributed by atoms with van der Waals surface area (Å²) in [6.07, 6.45) is 0. The van der Waals surface area contributed by atoms with Crippen molar-refractivity contribution < 1.29 is 0 Å². The van der Waals surface area contributed by atoms with Crippen molar-refractivity contribution in [1.29, 1.82) is 0 Å². The van der Waals surface area contributed by atoms with E-state index in [-0.39, 0.29) is 0 Å². The van der Waals surface area contributed by atoms with E-state index in [0.29, 0.717) is 22.1 Å². The zero-order chi connectivity index (χ0) is 12.3. The van der Waals surface area contributed by atoms with Crippen molar-refractivity contribution in [2.24, 2.45) is 0 Å². The number of benzene rings is 1. The van der Waals surface area contributed by atoms with E-state index in [4.69, 9.17) is 23.2 Å². The molecule has 0 aliphatic rings. The minimum absolute atomic E-state index is 0.467. The Balaban J connectivity index is 2.81. The summed E-state index contributed by atoms with van der Waals surface area (Å²) in [6.45, 7) is 8.70. The first kappa shape index (κ1) is 13.9. The minimum Gasteiger partial charge on any atom is -0.338 e. The Morgan fingerprint density at radius 1 is 1.00 bits per heavy atom. The molecule has 0 N–H and O–H groups in total. The fraction of sp³-hybridized carbons (Fsp3) is 0.500. The molecule has 87 valence electrons. The molecular weight excluding hydrogens is 240 g/mol. The molecule has 0 spiro atoms. The number of hydrogen-bond donors (Lipinski definition) is 0. The van der Waals surface area contributed by atoms with Crippen LogP contribution < -0.4 is 5.46 Å². The molecule has 0 fully saturated rings. The first-order chi connectivity index (χ1) is 7.41. The lowest BCUT2D eigenvalue weighted by Gasteiger charge is -2.30. The quantitative estimate of drug-likeness (QED) is 0.747. The molecule has 0 bridgehead atoms. The Bertz CT molecular complexity index is 345. The van der Waals surface area contributed by atoms with Gasteiger partial charge in [0.05, 0.1) is 10.0 Å². The fourth-order valence-electron chi connectivity index (χ4n) is 1.66. The summed E-state index contributed by atoms with van der Waals surface area (Å²) in [4.78, 5) is 2.29. The van der Waals surface area contributed by atoms with E-state index in [9.17, 15) is 0 Å². The van der Waals surface area contributed by atoms with Crippen LogP contribution in [0.4, 0.5) is 0 Å². The Morgan fingerprint density at radius 2 is 1.56 bits per heavy atom. The third kappa shape index (κ3) is 3.69. The molecule has 0 amide bonds. The molecule has 4 heteroatoms. The Kier molecular flexibility index (Phi) is 5.16. The van der Waals surface area contributed by atoms with Crippen LogP contribution in [0.1, 0.15) is 27.7 Å². The number of hydrogen-bond acceptors (Lipinski definition) is 1. The average molecular weight is 257 g/mol. The van der Waals surface area contributed by atoms with Gasteiger partial charge in [0.25, 0.3) is 0 Å². The summed E-state index contributed by atoms with van der Waals surface area (Å²) in [6, 6.07) is 6.63. The molecule has 0 heterocycles. The molecule has 0 atom stereocenters. The van der Waals surface area contributed by atoms with Gasteiger partial charge in [-0.15, -0.1) is 0 Å². The zero-order valence-corrected chi connectivity index (χ0v) is 11.7. The summed E-state index contributed by atoms with van der Waals surface area (Å²) in [7, 11) is 2.12. The van der Waals surface area contributed by atoms with Crippen molar-refractivity contribution in [3.63, 3.8) is 0 Å². The lowest BCUT2D eigenvalue weighted by Crippen LogP contribution is -2.45. The third-order valence-corrected chi connectivity index (χ3v) is 3.17. The topological polar surface area (TPSA) is 3.24 Å². The Labute approximate surface area is 109 Å². The summed E-state index contributed by atoms with van der Waals surface area (Å²) >= 11 is 11.9. The van der Waals surface area contributed by atoms with Gasteiger partial charge in [-0.2, -0.15) is 0 Å². The average Bonchev–Trinajstić information content (AvgIpc) is 2.18. The van der Waals surface area contributed by atoms with Crippen molar-refractivity contribution in [2.45, 2.75) is 39.8 Å². The number of rotatable bonds is 4. The van der Waals surface area contributed by atoms with Crippen LogP contribution in [-0.2, 0) is 0 Å². The highest BCUT2D eigenvalue weighted by Gasteiger charge is 2.15. The molecular formula is C12H17BCl2N. The molecule has 0 aromatic heterocycles. The van der Waals surface area contributed by atoms with E-state index in [1.807, 2.05) is 18.2 Å². The molecule has 0 saturated carbocycles. The van der Waals surface area contributed by atoms with E-state index < -0.39 is 0 Å². The van der Waals surface area contributed by atoms with E-state index in [1.165, 1.54) is 0 Å². The maximum Gasteiger partial charge on any atom is 0.248 e. The predicted molar refractivity (Wildman–Crippen MR) is 74.0 cm³/mol. The van der Waals surface area contributed by atoms with Gasteiger partial charge >= 0.3 is 0 Å². The summed E-state index contributed by atoms with van der Waals surface area (Å²) in [5, 5.41) is 1.20. The summed E-state index contributed by atoms with van der Waals surface area (Å²) in [5.74, 6) is 0. The van der Waals surface area contributed by atoms with Crippen LogP contribution in [0.5, 0.6) is 0 Å². The molecule has 0 saturated heterocycles. The first-order valence-corrected chi connectivity index (χ1v) is 6.24. The zero-order valence-electron chi connectivity index (χ0n) is 10.2. The molecule has 1 radical (unpaired) electrons. The van der Waals surface area contributed by atoms with Crippen molar-refractivity contribution in [3.05, 3.63) is 28.2 Å². The van der Waals surface area contributed by atoms with Crippen molar-refractivity contribution in [1.82, 2.24) is 4.81 Å². The van der Waals surface area contributed by atoms with Gasteiger partial charge in [-0.25, -0.2) is 0 Å². The highest BCUT2D eigenvalue weighted by molar-refractivity contribution is 6.52. The van der Waals surface area contributed by atoms with Crippen LogP contribution in [0.25, 0.3) is 0 Å². The lowest BCUT2D eigenvalue weighted by atomic mass is 9.78. The standard InChI is InChI=1S/C12H17BCl2N/c1-8(2)16(9(3)4)13-10-5-6-11(14)12(15)7-10/h5-9H,1-4H3. The van der Waals surface area contributed by atoms with Crippen LogP contribution in [-0.4, -0.2) is 24.3 Å². The molecule has 0 aliphatic heterocycles. The molecule has 1 aromatic carbocycles. The van der Waals surface area contributed by atoms with Gasteiger partial charge in [0.2, 0.25) is 7.41 Å². The molecule has 1 rings (SSSR count). The SMILES string of the molecule is CC(C)N([B]c1ccc(Cl)c(Cl)c1)C(C)C. The second-order valence-electron chi connectivity index (χ2n) is 4.44. The van der Waals surface area contributed by atoms with Crippen LogP contribution in [0.15, 0.2) is 18.2 Å². The van der Waals surface area contributed by atoms with Crippen molar-refractivity contribution >= 4 is 36.1 Å². The van der Waals surface area contributed by atoms with Crippen LogP contribution >= 0.6 is 23.2 Å². The first-order valence-electron chi connectivity index (χ1n) is 5.49. The van der Waals surface area contributed by atoms with Crippen LogP contribution in [0.2, 0.25) is 10.0 Å². The molecule has 16 heavy (non-hydrogen) atoms. The third-order valence-electron chi connectivity index (χ3n) is 2.43. The fourth-order valence-corrected chi connectivity index (χ4v) is 1.97. The van der Waals surface area contributed by atoms with Crippen LogP contribution in [0.3, 0.4) is 0 Å². The van der Waals surface area contributed by atoms with Gasteiger partial charge in [0.1, 0.15) is 0 Å². The van der Waals surface area contributed by atoms with E-state index in [0.717, 1.165) is 5.46 Å². The highest BCUT2D eigenvalue weighted by Crippen LogP contribution is 2.19. The second-order valence-corrected chi connectivity index (χ2v) is 5.25. The highest BCUT2D eigenvalue weighted by atomic mass is 35.5. The van der Waals surface area contributed by atoms with Crippen LogP contribution in [0, 0.1) is 0 Å². The smallest absolute Gasteiger partial charge is 0.248 e. The Morgan fingerprint density at radius 3 is 2.00 bits per heavy atom. The molecule has 1 nitrogen and oxygen atoms in total. The summed E-state index contributed by atoms with van der Waals surface area (Å²) in [5.41, 5.74) is 1.08. The van der Waals surface area contributed by atoms with Gasteiger partial charge in [0.15, 0.2) is 0 Å². The van der Waals surface area contributed by atoms with Crippen molar-refractivity contribution in [2.75, 3.05) is 0 Å². The lowest BCUT2D eigenvalue weighted by molar-refractivity contribution is 0.315. The van der Waals surface area contributed by atoms with Crippen molar-refractivity contribution in [3.8, 4) is 0 Å². The minimum atomic E-state index is 0.467. The maximum absolute atomic E-state index is 5.99. The second kappa shape index (κ2) is 5.95. The Hall–Kier alpha value is -0.175. The van der Waals surface area contributed by atoms with E-state index >= 15 is 0 Å². The van der Waals surface area contributed by atoms with Gasteiger partial charge in [-0.3, -0.25) is 0 Å². The normalized spacial score (nSPS) is 11.6. The van der Waals surface area contributed by atoms with Gasteiger partial charge in [-0.1, -0.05) is 62.4 Å². The monoisotopic (exact) mass is 256 g/mol. The van der Waals surface area contributed by atoms with E-state index in [2.05, 4.69) is 39.9 Å². The largest absolute Gasteiger partial charge is 0.338 e. The predicted octanol–water partition coefficient (Wildman–Crippen LogP) is 3.36. The van der Waals surface area contributed by atoms with Gasteiger partial charge in [0, 0.05) is 0 Å². The summed E-state index contributed by atoms with van der Waals surface area (Å²) < 4.78 is 0. The number of halogens is 2. The molecule has 0 unspecified atom stereocenters. The maximum atomic E-state index is 5.99. The van der Waals surface area contributed by atoms with Gasteiger partial charge in [-0.05, 0) is 24.2 Å². The van der Waals surface area contributed by atoms with Gasteiger partial charge < -0.3 is 4.81 Å². The molecule has 0 aliphatic carbocycles. The molecule has 1 aromatic rings. The number of nitrogens with zero attached hydrogens (tertiary/aromatic N) is 1.